The number of nitrogens with two attached hydrogens (primary N) is 1. The number of aliphatic hydroxyl groups is 1. The number of benzene rings is 2. The number of anilines is 1. The molecule has 2 aromatic carbocycles. The number of hydrogen-bond donors (Lipinski definition) is 3. The highest BCUT2D eigenvalue weighted by molar-refractivity contribution is 7.89. The molecule has 2 fully saturated rings. The number of carbonyl (C=O) groups is 1. The fourth-order valence-corrected chi connectivity index (χ4v) is 6.36. The third kappa shape index (κ3) is 7.10. The van der Waals surface area contributed by atoms with Crippen molar-refractivity contribution in [2.75, 3.05) is 31.6 Å². The van der Waals surface area contributed by atoms with E-state index in [2.05, 4.69) is 5.32 Å². The van der Waals surface area contributed by atoms with Crippen molar-refractivity contribution < 1.29 is 32.5 Å². The minimum absolute atomic E-state index is 0.0244. The van der Waals surface area contributed by atoms with Crippen molar-refractivity contribution in [3.63, 3.8) is 0 Å². The van der Waals surface area contributed by atoms with E-state index in [-0.39, 0.29) is 48.8 Å². The molecule has 2 aliphatic rings. The van der Waals surface area contributed by atoms with Gasteiger partial charge in [0, 0.05) is 24.8 Å². The van der Waals surface area contributed by atoms with Crippen LogP contribution in [0.25, 0.3) is 0 Å². The lowest BCUT2D eigenvalue weighted by Gasteiger charge is -2.28. The van der Waals surface area contributed by atoms with Crippen LogP contribution in [0.2, 0.25) is 0 Å². The molecule has 11 heteroatoms. The van der Waals surface area contributed by atoms with Crippen LogP contribution in [0.4, 0.5) is 10.5 Å². The van der Waals surface area contributed by atoms with Gasteiger partial charge < -0.3 is 25.1 Å². The summed E-state index contributed by atoms with van der Waals surface area (Å²) in [6.07, 6.45) is -1.20. The molecule has 2 saturated heterocycles. The summed E-state index contributed by atoms with van der Waals surface area (Å²) in [4.78, 5) is 12.4. The summed E-state index contributed by atoms with van der Waals surface area (Å²) in [5.74, 6) is 0.0545. The van der Waals surface area contributed by atoms with Crippen molar-refractivity contribution in [1.29, 1.82) is 0 Å². The molecule has 38 heavy (non-hydrogen) atoms. The number of sulfonamides is 1. The van der Waals surface area contributed by atoms with Gasteiger partial charge in [-0.25, -0.2) is 13.2 Å². The predicted octanol–water partition coefficient (Wildman–Crippen LogP) is 2.57. The zero-order chi connectivity index (χ0) is 27.3. The zero-order valence-electron chi connectivity index (χ0n) is 21.7. The van der Waals surface area contributed by atoms with E-state index >= 15 is 0 Å². The van der Waals surface area contributed by atoms with E-state index in [4.69, 9.17) is 19.9 Å². The maximum absolute atomic E-state index is 13.5. The minimum atomic E-state index is -3.93. The van der Waals surface area contributed by atoms with Gasteiger partial charge in [0.15, 0.2) is 6.29 Å². The van der Waals surface area contributed by atoms with Gasteiger partial charge in [0.25, 0.3) is 0 Å². The number of hydrogen-bond acceptors (Lipinski definition) is 8. The van der Waals surface area contributed by atoms with Gasteiger partial charge in [-0.15, -0.1) is 0 Å². The standard InChI is InChI=1S/C27H37N3O7S/c1-18(2)15-30(16-24(31)23(28)14-19-6-4-3-5-7-19)38(33,34)21-10-8-20(9-11-21)29-27(32)37-25-17-36-26-22(25)12-13-35-26/h3-11,18,22-26,31H,12-17,28H2,1-2H3,(H,29,32)/t22-,23+,24-,25?,26+/m1/s1. The average molecular weight is 548 g/mol. The van der Waals surface area contributed by atoms with Crippen LogP contribution in [0.5, 0.6) is 0 Å². The Bertz CT molecular complexity index is 1160. The van der Waals surface area contributed by atoms with Crippen LogP contribution in [0, 0.1) is 11.8 Å². The number of fused-ring (bicyclic) bond motifs is 1. The Labute approximate surface area is 224 Å². The van der Waals surface area contributed by atoms with Crippen molar-refractivity contribution in [3.8, 4) is 0 Å². The Balaban J connectivity index is 1.38. The predicted molar refractivity (Wildman–Crippen MR) is 142 cm³/mol. The second kappa shape index (κ2) is 12.5. The van der Waals surface area contributed by atoms with Crippen LogP contribution in [-0.4, -0.2) is 74.8 Å². The third-order valence-corrected chi connectivity index (χ3v) is 8.60. The number of aliphatic hydroxyl groups excluding tert-OH is 1. The van der Waals surface area contributed by atoms with Crippen molar-refractivity contribution in [1.82, 2.24) is 4.31 Å². The molecule has 2 heterocycles. The number of rotatable bonds is 11. The van der Waals surface area contributed by atoms with Crippen LogP contribution < -0.4 is 11.1 Å². The van der Waals surface area contributed by atoms with Crippen molar-refractivity contribution in [2.24, 2.45) is 17.6 Å². The van der Waals surface area contributed by atoms with E-state index in [1.54, 1.807) is 0 Å². The van der Waals surface area contributed by atoms with Crippen LogP contribution >= 0.6 is 0 Å². The first-order valence-corrected chi connectivity index (χ1v) is 14.4. The lowest BCUT2D eigenvalue weighted by Crippen LogP contribution is -2.47. The number of ether oxygens (including phenoxy) is 3. The molecule has 0 radical (unpaired) electrons. The molecule has 0 spiro atoms. The molecule has 2 aromatic rings. The molecule has 208 valence electrons. The number of amides is 1. The second-order valence-electron chi connectivity index (χ2n) is 10.3. The molecule has 2 aliphatic heterocycles. The Morgan fingerprint density at radius 2 is 1.84 bits per heavy atom. The summed E-state index contributed by atoms with van der Waals surface area (Å²) in [6, 6.07) is 14.8. The molecule has 4 rings (SSSR count). The fraction of sp³-hybridized carbons (Fsp3) is 0.519. The van der Waals surface area contributed by atoms with Crippen LogP contribution in [0.3, 0.4) is 0 Å². The summed E-state index contributed by atoms with van der Waals surface area (Å²) < 4.78 is 44.7. The van der Waals surface area contributed by atoms with Crippen molar-refractivity contribution in [2.45, 2.75) is 56.1 Å². The number of nitrogens with one attached hydrogen (secondary N) is 1. The minimum Gasteiger partial charge on any atom is -0.443 e. The Morgan fingerprint density at radius 3 is 2.53 bits per heavy atom. The molecule has 1 unspecified atom stereocenters. The van der Waals surface area contributed by atoms with E-state index in [0.29, 0.717) is 18.7 Å². The monoisotopic (exact) mass is 547 g/mol. The van der Waals surface area contributed by atoms with Gasteiger partial charge in [-0.1, -0.05) is 44.2 Å². The summed E-state index contributed by atoms with van der Waals surface area (Å²) in [5, 5.41) is 13.4. The van der Waals surface area contributed by atoms with Crippen LogP contribution in [0.15, 0.2) is 59.5 Å². The van der Waals surface area contributed by atoms with E-state index < -0.39 is 28.3 Å². The lowest BCUT2D eigenvalue weighted by atomic mass is 10.0. The second-order valence-corrected chi connectivity index (χ2v) is 12.2. The van der Waals surface area contributed by atoms with Gasteiger partial charge in [0.1, 0.15) is 6.10 Å². The number of carbonyl (C=O) groups excluding carboxylic acids is 1. The van der Waals surface area contributed by atoms with E-state index in [9.17, 15) is 18.3 Å². The number of nitrogens with zero attached hydrogens (tertiary/aromatic N) is 1. The molecule has 0 bridgehead atoms. The molecular weight excluding hydrogens is 510 g/mol. The molecule has 0 aliphatic carbocycles. The van der Waals surface area contributed by atoms with Crippen molar-refractivity contribution in [3.05, 3.63) is 60.2 Å². The summed E-state index contributed by atoms with van der Waals surface area (Å²) in [6.45, 7) is 4.78. The first-order valence-electron chi connectivity index (χ1n) is 12.9. The van der Waals surface area contributed by atoms with Gasteiger partial charge in [-0.05, 0) is 48.6 Å². The summed E-state index contributed by atoms with van der Waals surface area (Å²) in [7, 11) is -3.93. The van der Waals surface area contributed by atoms with Gasteiger partial charge in [0.05, 0.1) is 30.1 Å². The normalized spacial score (nSPS) is 22.8. The van der Waals surface area contributed by atoms with Crippen LogP contribution in [-0.2, 0) is 30.7 Å². The van der Waals surface area contributed by atoms with Gasteiger partial charge in [-0.2, -0.15) is 4.31 Å². The first kappa shape index (κ1) is 28.5. The largest absolute Gasteiger partial charge is 0.443 e. The van der Waals surface area contributed by atoms with Gasteiger partial charge in [-0.3, -0.25) is 5.32 Å². The van der Waals surface area contributed by atoms with Gasteiger partial charge in [0.2, 0.25) is 10.0 Å². The van der Waals surface area contributed by atoms with Crippen molar-refractivity contribution >= 4 is 21.8 Å². The topological polar surface area (TPSA) is 140 Å². The quantitative estimate of drug-likeness (QED) is 0.390. The maximum Gasteiger partial charge on any atom is 0.411 e. The average Bonchev–Trinajstić information content (AvgIpc) is 3.49. The molecule has 5 atom stereocenters. The summed E-state index contributed by atoms with van der Waals surface area (Å²) in [5.41, 5.74) is 7.59. The Morgan fingerprint density at radius 1 is 1.13 bits per heavy atom. The smallest absolute Gasteiger partial charge is 0.411 e. The molecule has 10 nitrogen and oxygen atoms in total. The van der Waals surface area contributed by atoms with E-state index in [1.807, 2.05) is 44.2 Å². The zero-order valence-corrected chi connectivity index (χ0v) is 22.5. The first-order chi connectivity index (χ1) is 18.1. The van der Waals surface area contributed by atoms with E-state index in [1.165, 1.54) is 28.6 Å². The Kier molecular flexibility index (Phi) is 9.40. The lowest BCUT2D eigenvalue weighted by molar-refractivity contribution is -0.0907. The fourth-order valence-electron chi connectivity index (χ4n) is 4.74. The molecule has 4 N–H and O–H groups in total. The molecule has 0 saturated carbocycles. The highest BCUT2D eigenvalue weighted by Gasteiger charge is 2.43. The Hall–Kier alpha value is -2.54. The molecule has 1 amide bonds. The summed E-state index contributed by atoms with van der Waals surface area (Å²) >= 11 is 0. The highest BCUT2D eigenvalue weighted by atomic mass is 32.2. The van der Waals surface area contributed by atoms with Gasteiger partial charge >= 0.3 is 6.09 Å². The molecule has 0 aromatic heterocycles. The highest BCUT2D eigenvalue weighted by Crippen LogP contribution is 2.33. The molecular formula is C27H37N3O7S. The van der Waals surface area contributed by atoms with E-state index in [0.717, 1.165) is 12.0 Å². The SMILES string of the molecule is CC(C)CN(C[C@@H](O)[C@@H](N)Cc1ccccc1)S(=O)(=O)c1ccc(NC(=O)OC2CO[C@@H]3OCC[C@H]23)cc1. The third-order valence-electron chi connectivity index (χ3n) is 6.75. The maximum atomic E-state index is 13.5. The van der Waals surface area contributed by atoms with Crippen LogP contribution in [0.1, 0.15) is 25.8 Å².